The fraction of sp³-hybridized carbons (Fsp3) is 0.167. The van der Waals surface area contributed by atoms with Gasteiger partial charge >= 0.3 is 0 Å². The standard InChI is InChI=1S/C12H10N2O4/c1-8(13(15)16)12-7-10(14(17)18)6-9-4-2-3-5-11(9)12/h2-8H,1H3. The zero-order chi connectivity index (χ0) is 13.3. The van der Waals surface area contributed by atoms with E-state index in [1.54, 1.807) is 24.3 Å². The van der Waals surface area contributed by atoms with Gasteiger partial charge in [0.05, 0.1) is 4.92 Å². The Balaban J connectivity index is 2.76. The number of hydrogen-bond donors (Lipinski definition) is 0. The minimum Gasteiger partial charge on any atom is -0.264 e. The first-order valence-corrected chi connectivity index (χ1v) is 5.31. The molecule has 1 atom stereocenters. The Bertz CT molecular complexity index is 639. The number of nitrogens with zero attached hydrogens (tertiary/aromatic N) is 2. The first kappa shape index (κ1) is 12.0. The molecule has 2 rings (SSSR count). The second-order valence-corrected chi connectivity index (χ2v) is 3.97. The van der Waals surface area contributed by atoms with Crippen LogP contribution >= 0.6 is 0 Å². The maximum Gasteiger partial charge on any atom is 0.270 e. The largest absolute Gasteiger partial charge is 0.270 e. The molecule has 6 nitrogen and oxygen atoms in total. The Kier molecular flexibility index (Phi) is 2.93. The van der Waals surface area contributed by atoms with Crippen molar-refractivity contribution in [1.82, 2.24) is 0 Å². The summed E-state index contributed by atoms with van der Waals surface area (Å²) in [7, 11) is 0. The van der Waals surface area contributed by atoms with Crippen LogP contribution in [0.1, 0.15) is 18.5 Å². The lowest BCUT2D eigenvalue weighted by Crippen LogP contribution is -2.07. The van der Waals surface area contributed by atoms with Crippen molar-refractivity contribution in [2.45, 2.75) is 13.0 Å². The lowest BCUT2D eigenvalue weighted by Gasteiger charge is -2.08. The van der Waals surface area contributed by atoms with Crippen LogP contribution in [0.15, 0.2) is 36.4 Å². The summed E-state index contributed by atoms with van der Waals surface area (Å²) in [5.74, 6) is 0. The molecule has 0 heterocycles. The van der Waals surface area contributed by atoms with Gasteiger partial charge in [0.15, 0.2) is 0 Å². The number of hydrogen-bond acceptors (Lipinski definition) is 4. The lowest BCUT2D eigenvalue weighted by atomic mass is 9.99. The van der Waals surface area contributed by atoms with Gasteiger partial charge in [-0.25, -0.2) is 0 Å². The third-order valence-corrected chi connectivity index (χ3v) is 2.86. The highest BCUT2D eigenvalue weighted by Crippen LogP contribution is 2.30. The fourth-order valence-corrected chi connectivity index (χ4v) is 1.89. The maximum atomic E-state index is 10.9. The lowest BCUT2D eigenvalue weighted by molar-refractivity contribution is -0.524. The van der Waals surface area contributed by atoms with Crippen LogP contribution < -0.4 is 0 Å². The number of nitro benzene ring substituents is 1. The maximum absolute atomic E-state index is 10.9. The molecule has 0 saturated carbocycles. The molecule has 2 aromatic rings. The van der Waals surface area contributed by atoms with E-state index in [0.717, 1.165) is 0 Å². The van der Waals surface area contributed by atoms with E-state index >= 15 is 0 Å². The molecule has 0 aliphatic heterocycles. The molecule has 92 valence electrons. The molecule has 2 aromatic carbocycles. The molecule has 0 aliphatic rings. The third kappa shape index (κ3) is 2.00. The first-order chi connectivity index (χ1) is 8.50. The fourth-order valence-electron chi connectivity index (χ4n) is 1.89. The van der Waals surface area contributed by atoms with Crippen molar-refractivity contribution < 1.29 is 9.85 Å². The highest BCUT2D eigenvalue weighted by molar-refractivity contribution is 5.88. The van der Waals surface area contributed by atoms with Crippen LogP contribution in [-0.4, -0.2) is 9.85 Å². The molecule has 0 aromatic heterocycles. The van der Waals surface area contributed by atoms with Gasteiger partial charge in [-0.05, 0) is 10.8 Å². The molecule has 0 N–H and O–H groups in total. The molecular weight excluding hydrogens is 236 g/mol. The monoisotopic (exact) mass is 246 g/mol. The van der Waals surface area contributed by atoms with Crippen molar-refractivity contribution in [3.63, 3.8) is 0 Å². The van der Waals surface area contributed by atoms with E-state index in [2.05, 4.69) is 0 Å². The molecule has 0 spiro atoms. The summed E-state index contributed by atoms with van der Waals surface area (Å²) in [4.78, 5) is 20.7. The van der Waals surface area contributed by atoms with Crippen LogP contribution in [0.4, 0.5) is 5.69 Å². The molecule has 1 unspecified atom stereocenters. The molecule has 0 amide bonds. The summed E-state index contributed by atoms with van der Waals surface area (Å²) in [6, 6.07) is 8.65. The zero-order valence-corrected chi connectivity index (χ0v) is 9.57. The topological polar surface area (TPSA) is 86.3 Å². The molecule has 18 heavy (non-hydrogen) atoms. The van der Waals surface area contributed by atoms with Crippen LogP contribution in [0.5, 0.6) is 0 Å². The zero-order valence-electron chi connectivity index (χ0n) is 9.57. The Morgan fingerprint density at radius 1 is 1.11 bits per heavy atom. The summed E-state index contributed by atoms with van der Waals surface area (Å²) in [5.41, 5.74) is 0.238. The van der Waals surface area contributed by atoms with Crippen LogP contribution in [0, 0.1) is 20.2 Å². The van der Waals surface area contributed by atoms with Gasteiger partial charge in [0.1, 0.15) is 0 Å². The average molecular weight is 246 g/mol. The molecule has 0 aliphatic carbocycles. The summed E-state index contributed by atoms with van der Waals surface area (Å²) < 4.78 is 0. The van der Waals surface area contributed by atoms with Gasteiger partial charge in [0.2, 0.25) is 6.04 Å². The van der Waals surface area contributed by atoms with E-state index in [-0.39, 0.29) is 5.69 Å². The SMILES string of the molecule is CC(c1cc([N+](=O)[O-])cc2ccccc12)[N+](=O)[O-]. The van der Waals surface area contributed by atoms with Crippen molar-refractivity contribution >= 4 is 16.5 Å². The normalized spacial score (nSPS) is 12.3. The van der Waals surface area contributed by atoms with E-state index in [4.69, 9.17) is 0 Å². The highest BCUT2D eigenvalue weighted by Gasteiger charge is 2.22. The second-order valence-electron chi connectivity index (χ2n) is 3.97. The Morgan fingerprint density at radius 3 is 2.39 bits per heavy atom. The van der Waals surface area contributed by atoms with Crippen LogP contribution in [-0.2, 0) is 0 Å². The van der Waals surface area contributed by atoms with Crippen molar-refractivity contribution in [2.24, 2.45) is 0 Å². The van der Waals surface area contributed by atoms with E-state index in [9.17, 15) is 20.2 Å². The second kappa shape index (κ2) is 4.40. The smallest absolute Gasteiger partial charge is 0.264 e. The molecule has 6 heteroatoms. The third-order valence-electron chi connectivity index (χ3n) is 2.86. The van der Waals surface area contributed by atoms with Crippen LogP contribution in [0.2, 0.25) is 0 Å². The van der Waals surface area contributed by atoms with Gasteiger partial charge in [0.25, 0.3) is 5.69 Å². The quantitative estimate of drug-likeness (QED) is 0.615. The number of non-ortho nitro benzene ring substituents is 1. The minimum absolute atomic E-state index is 0.127. The first-order valence-electron chi connectivity index (χ1n) is 5.31. The van der Waals surface area contributed by atoms with E-state index < -0.39 is 15.9 Å². The average Bonchev–Trinajstić information content (AvgIpc) is 2.36. The minimum atomic E-state index is -0.977. The molecule has 0 saturated heterocycles. The predicted molar refractivity (Wildman–Crippen MR) is 66.0 cm³/mol. The number of benzene rings is 2. The summed E-state index contributed by atoms with van der Waals surface area (Å²) in [6.07, 6.45) is 0. The predicted octanol–water partition coefficient (Wildman–Crippen LogP) is 3.09. The molecule has 0 radical (unpaired) electrons. The van der Waals surface area contributed by atoms with Crippen LogP contribution in [0.25, 0.3) is 10.8 Å². The molecular formula is C12H10N2O4. The van der Waals surface area contributed by atoms with Gasteiger partial charge < -0.3 is 0 Å². The van der Waals surface area contributed by atoms with Crippen molar-refractivity contribution in [3.8, 4) is 0 Å². The summed E-state index contributed by atoms with van der Waals surface area (Å²) >= 11 is 0. The Hall–Kier alpha value is -2.50. The van der Waals surface area contributed by atoms with Gasteiger partial charge in [-0.2, -0.15) is 0 Å². The van der Waals surface area contributed by atoms with Crippen molar-refractivity contribution in [2.75, 3.05) is 0 Å². The molecule has 0 bridgehead atoms. The van der Waals surface area contributed by atoms with E-state index in [1.807, 2.05) is 0 Å². The van der Waals surface area contributed by atoms with E-state index in [0.29, 0.717) is 16.3 Å². The molecule has 0 fully saturated rings. The number of nitro groups is 2. The summed E-state index contributed by atoms with van der Waals surface area (Å²) in [6.45, 7) is 1.42. The Morgan fingerprint density at radius 2 is 1.78 bits per heavy atom. The number of rotatable bonds is 3. The van der Waals surface area contributed by atoms with Gasteiger partial charge in [-0.3, -0.25) is 20.2 Å². The summed E-state index contributed by atoms with van der Waals surface area (Å²) in [5, 5.41) is 23.0. The van der Waals surface area contributed by atoms with Gasteiger partial charge in [-0.1, -0.05) is 24.3 Å². The van der Waals surface area contributed by atoms with Crippen molar-refractivity contribution in [3.05, 3.63) is 62.2 Å². The van der Waals surface area contributed by atoms with Crippen LogP contribution in [0.3, 0.4) is 0 Å². The Labute approximate surface area is 102 Å². The van der Waals surface area contributed by atoms with Gasteiger partial charge in [0, 0.05) is 29.5 Å². The highest BCUT2D eigenvalue weighted by atomic mass is 16.6. The number of fused-ring (bicyclic) bond motifs is 1. The van der Waals surface area contributed by atoms with Gasteiger partial charge in [-0.15, -0.1) is 0 Å². The van der Waals surface area contributed by atoms with E-state index in [1.165, 1.54) is 19.1 Å². The van der Waals surface area contributed by atoms with Crippen molar-refractivity contribution in [1.29, 1.82) is 0 Å².